The van der Waals surface area contributed by atoms with Crippen LogP contribution in [0.15, 0.2) is 52.9 Å². The van der Waals surface area contributed by atoms with E-state index >= 15 is 0 Å². The molecule has 2 saturated heterocycles. The van der Waals surface area contributed by atoms with Crippen LogP contribution in [0.3, 0.4) is 0 Å². The lowest BCUT2D eigenvalue weighted by Gasteiger charge is -2.54. The SMILES string of the molecule is CC1(C)Oc2cc(O)ccc2[C@@H]2O[C@@H]3CCCN(Cc4ccc(-c5ccc(C(=O)O)c(O)c5)o4)[C@@H]3C[C@H]21. The number of hydrogen-bond donors (Lipinski definition) is 3. The maximum atomic E-state index is 11.2. The number of phenolic OH excluding ortho intramolecular Hbond substituents is 1. The molecule has 0 bridgehead atoms. The number of carboxylic acid groups (broad SMARTS) is 1. The molecule has 3 N–H and O–H groups in total. The Hall–Kier alpha value is -3.49. The summed E-state index contributed by atoms with van der Waals surface area (Å²) in [6.07, 6.45) is 2.98. The van der Waals surface area contributed by atoms with Gasteiger partial charge in [0.15, 0.2) is 0 Å². The van der Waals surface area contributed by atoms with Gasteiger partial charge in [-0.2, -0.15) is 0 Å². The van der Waals surface area contributed by atoms with E-state index in [1.165, 1.54) is 12.1 Å². The van der Waals surface area contributed by atoms with E-state index in [1.807, 2.05) is 18.2 Å². The summed E-state index contributed by atoms with van der Waals surface area (Å²) in [5, 5.41) is 29.2. The van der Waals surface area contributed by atoms with Crippen LogP contribution in [0.4, 0.5) is 0 Å². The summed E-state index contributed by atoms with van der Waals surface area (Å²) in [4.78, 5) is 13.6. The van der Waals surface area contributed by atoms with Crippen LogP contribution in [-0.2, 0) is 11.3 Å². The lowest BCUT2D eigenvalue weighted by Crippen LogP contribution is -2.58. The van der Waals surface area contributed by atoms with Crippen molar-refractivity contribution in [1.29, 1.82) is 0 Å². The maximum Gasteiger partial charge on any atom is 0.339 e. The number of phenols is 2. The molecular weight excluding hydrogens is 474 g/mol. The molecule has 2 fully saturated rings. The number of aromatic hydroxyl groups is 2. The lowest BCUT2D eigenvalue weighted by molar-refractivity contribution is -0.191. The van der Waals surface area contributed by atoms with Gasteiger partial charge in [-0.1, -0.05) is 6.07 Å². The van der Waals surface area contributed by atoms with Crippen molar-refractivity contribution in [3.63, 3.8) is 0 Å². The summed E-state index contributed by atoms with van der Waals surface area (Å²) >= 11 is 0. The third kappa shape index (κ3) is 4.24. The highest BCUT2D eigenvalue weighted by atomic mass is 16.5. The van der Waals surface area contributed by atoms with Gasteiger partial charge in [0.05, 0.1) is 18.8 Å². The summed E-state index contributed by atoms with van der Waals surface area (Å²) < 4.78 is 19.2. The highest BCUT2D eigenvalue weighted by Crippen LogP contribution is 2.53. The number of carboxylic acids is 1. The fourth-order valence-electron chi connectivity index (χ4n) is 6.24. The highest BCUT2D eigenvalue weighted by Gasteiger charge is 2.52. The van der Waals surface area contributed by atoms with E-state index in [4.69, 9.17) is 19.0 Å². The van der Waals surface area contributed by atoms with Crippen molar-refractivity contribution in [2.24, 2.45) is 5.92 Å². The number of furan rings is 1. The number of nitrogens with zero attached hydrogens (tertiary/aromatic N) is 1. The molecule has 0 unspecified atom stereocenters. The van der Waals surface area contributed by atoms with E-state index in [2.05, 4.69) is 18.7 Å². The fraction of sp³-hybridized carbons (Fsp3) is 0.414. The average Bonchev–Trinajstić information content (AvgIpc) is 3.31. The van der Waals surface area contributed by atoms with Gasteiger partial charge in [-0.3, -0.25) is 4.90 Å². The van der Waals surface area contributed by atoms with E-state index in [0.29, 0.717) is 23.6 Å². The molecule has 4 heterocycles. The number of hydrogen-bond acceptors (Lipinski definition) is 7. The third-order valence-corrected chi connectivity index (χ3v) is 8.12. The lowest BCUT2D eigenvalue weighted by atomic mass is 9.72. The van der Waals surface area contributed by atoms with Gasteiger partial charge in [0.1, 0.15) is 39.9 Å². The van der Waals surface area contributed by atoms with E-state index in [0.717, 1.165) is 37.1 Å². The van der Waals surface area contributed by atoms with Crippen LogP contribution in [0.2, 0.25) is 0 Å². The quantitative estimate of drug-likeness (QED) is 0.436. The predicted octanol–water partition coefficient (Wildman–Crippen LogP) is 5.34. The molecule has 3 aromatic rings. The molecule has 37 heavy (non-hydrogen) atoms. The minimum Gasteiger partial charge on any atom is -0.508 e. The van der Waals surface area contributed by atoms with E-state index in [-0.39, 0.29) is 41.2 Å². The molecule has 4 atom stereocenters. The summed E-state index contributed by atoms with van der Waals surface area (Å²) in [5.74, 6) is 0.976. The standard InChI is InChI=1S/C29H31NO7/c1-29(2)21-14-22-25(36-27(21)20-9-6-17(31)13-26(20)37-29)4-3-11-30(22)15-18-7-10-24(35-18)16-5-8-19(28(33)34)23(32)12-16/h5-10,12-13,21-22,25,27,31-32H,3-4,11,14-15H2,1-2H3,(H,33,34)/t21-,22-,25-,27+/m1/s1. The van der Waals surface area contributed by atoms with Crippen molar-refractivity contribution in [3.8, 4) is 28.6 Å². The molecule has 0 saturated carbocycles. The van der Waals surface area contributed by atoms with Crippen LogP contribution in [0.5, 0.6) is 17.2 Å². The van der Waals surface area contributed by atoms with E-state index in [1.54, 1.807) is 18.2 Å². The predicted molar refractivity (Wildman–Crippen MR) is 135 cm³/mol. The van der Waals surface area contributed by atoms with Gasteiger partial charge in [-0.25, -0.2) is 4.79 Å². The Labute approximate surface area is 215 Å². The number of aromatic carboxylic acids is 1. The Bertz CT molecular complexity index is 1350. The zero-order chi connectivity index (χ0) is 25.9. The Kier molecular flexibility index (Phi) is 5.69. The van der Waals surface area contributed by atoms with Crippen molar-refractivity contribution in [3.05, 3.63) is 65.4 Å². The van der Waals surface area contributed by atoms with Gasteiger partial charge in [0.25, 0.3) is 0 Å². The summed E-state index contributed by atoms with van der Waals surface area (Å²) in [7, 11) is 0. The van der Waals surface area contributed by atoms with Crippen LogP contribution >= 0.6 is 0 Å². The Morgan fingerprint density at radius 3 is 2.73 bits per heavy atom. The summed E-state index contributed by atoms with van der Waals surface area (Å²) in [5.41, 5.74) is 1.05. The number of ether oxygens (including phenoxy) is 2. The summed E-state index contributed by atoms with van der Waals surface area (Å²) in [6, 6.07) is 13.7. The summed E-state index contributed by atoms with van der Waals surface area (Å²) in [6.45, 7) is 5.77. The largest absolute Gasteiger partial charge is 0.508 e. The van der Waals surface area contributed by atoms with Crippen molar-refractivity contribution in [2.45, 2.75) is 63.5 Å². The van der Waals surface area contributed by atoms with Crippen LogP contribution in [0, 0.1) is 5.92 Å². The van der Waals surface area contributed by atoms with Gasteiger partial charge >= 0.3 is 5.97 Å². The molecule has 8 nitrogen and oxygen atoms in total. The number of piperidine rings is 1. The number of benzene rings is 2. The van der Waals surface area contributed by atoms with E-state index < -0.39 is 11.6 Å². The highest BCUT2D eigenvalue weighted by molar-refractivity contribution is 5.91. The number of likely N-dealkylation sites (tertiary alicyclic amines) is 1. The van der Waals surface area contributed by atoms with Gasteiger partial charge in [-0.15, -0.1) is 0 Å². The number of rotatable bonds is 4. The van der Waals surface area contributed by atoms with E-state index in [9.17, 15) is 15.0 Å². The molecule has 0 radical (unpaired) electrons. The monoisotopic (exact) mass is 505 g/mol. The molecule has 1 aromatic heterocycles. The maximum absolute atomic E-state index is 11.2. The molecule has 8 heteroatoms. The molecular formula is C29H31NO7. The average molecular weight is 506 g/mol. The van der Waals surface area contributed by atoms with Crippen LogP contribution in [0.1, 0.15) is 60.9 Å². The molecule has 0 amide bonds. The third-order valence-electron chi connectivity index (χ3n) is 8.12. The molecule has 0 aliphatic carbocycles. The molecule has 3 aliphatic rings. The van der Waals surface area contributed by atoms with Gasteiger partial charge < -0.3 is 29.2 Å². The smallest absolute Gasteiger partial charge is 0.339 e. The van der Waals surface area contributed by atoms with Gasteiger partial charge in [-0.05, 0) is 76.1 Å². The number of carbonyl (C=O) groups is 1. The first kappa shape index (κ1) is 23.9. The van der Waals surface area contributed by atoms with Crippen molar-refractivity contribution < 1.29 is 34.0 Å². The fourth-order valence-corrected chi connectivity index (χ4v) is 6.24. The van der Waals surface area contributed by atoms with Crippen molar-refractivity contribution in [1.82, 2.24) is 4.90 Å². The zero-order valence-corrected chi connectivity index (χ0v) is 20.9. The van der Waals surface area contributed by atoms with Crippen molar-refractivity contribution >= 4 is 5.97 Å². The first-order chi connectivity index (χ1) is 17.7. The Morgan fingerprint density at radius 2 is 1.95 bits per heavy atom. The molecule has 0 spiro atoms. The topological polar surface area (TPSA) is 113 Å². The van der Waals surface area contributed by atoms with Gasteiger partial charge in [0.2, 0.25) is 0 Å². The first-order valence-corrected chi connectivity index (χ1v) is 12.8. The first-order valence-electron chi connectivity index (χ1n) is 12.8. The van der Waals surface area contributed by atoms with Crippen LogP contribution in [-0.4, -0.2) is 50.5 Å². The Balaban J connectivity index is 1.22. The second-order valence-corrected chi connectivity index (χ2v) is 10.8. The van der Waals surface area contributed by atoms with Crippen molar-refractivity contribution in [2.75, 3.05) is 6.54 Å². The minimum atomic E-state index is -1.17. The minimum absolute atomic E-state index is 0.0720. The number of fused-ring (bicyclic) bond motifs is 4. The molecule has 194 valence electrons. The molecule has 2 aromatic carbocycles. The Morgan fingerprint density at radius 1 is 1.11 bits per heavy atom. The van der Waals surface area contributed by atoms with Crippen LogP contribution < -0.4 is 4.74 Å². The molecule has 3 aliphatic heterocycles. The van der Waals surface area contributed by atoms with Crippen LogP contribution in [0.25, 0.3) is 11.3 Å². The normalized spacial score (nSPS) is 26.4. The van der Waals surface area contributed by atoms with Gasteiger partial charge in [0, 0.05) is 29.2 Å². The molecule has 6 rings (SSSR count). The zero-order valence-electron chi connectivity index (χ0n) is 20.9. The second-order valence-electron chi connectivity index (χ2n) is 10.8. The second kappa shape index (κ2) is 8.82.